The second kappa shape index (κ2) is 5.79. The van der Waals surface area contributed by atoms with Gasteiger partial charge in [-0.2, -0.15) is 5.26 Å². The number of aliphatic hydroxyl groups excluding tert-OH is 1. The van der Waals surface area contributed by atoms with E-state index >= 15 is 0 Å². The monoisotopic (exact) mass is 332 g/mol. The molecule has 0 saturated heterocycles. The molecular weight excluding hydrogens is 322 g/mol. The van der Waals surface area contributed by atoms with Crippen LogP contribution in [0.4, 0.5) is 8.78 Å². The molecule has 0 spiro atoms. The summed E-state index contributed by atoms with van der Waals surface area (Å²) in [5.41, 5.74) is 4.51. The highest BCUT2D eigenvalue weighted by molar-refractivity contribution is 5.52. The van der Waals surface area contributed by atoms with Gasteiger partial charge in [-0.1, -0.05) is 0 Å². The first kappa shape index (κ1) is 15.7. The highest BCUT2D eigenvalue weighted by Crippen LogP contribution is 2.41. The van der Waals surface area contributed by atoms with Gasteiger partial charge in [0.1, 0.15) is 35.6 Å². The molecule has 0 aliphatic carbocycles. The van der Waals surface area contributed by atoms with Gasteiger partial charge in [-0.25, -0.2) is 8.78 Å². The number of hydrogen-bond acceptors (Lipinski definition) is 6. The zero-order chi connectivity index (χ0) is 17.4. The van der Waals surface area contributed by atoms with Gasteiger partial charge in [0.25, 0.3) is 0 Å². The summed E-state index contributed by atoms with van der Waals surface area (Å²) in [5.74, 6) is -3.89. The zero-order valence-corrected chi connectivity index (χ0v) is 12.0. The molecule has 2 aromatic rings. The molecule has 1 atom stereocenters. The second-order valence-electron chi connectivity index (χ2n) is 5.02. The Morgan fingerprint density at radius 3 is 2.75 bits per heavy atom. The first-order valence-electron chi connectivity index (χ1n) is 6.76. The molecule has 0 saturated carbocycles. The molecule has 0 radical (unpaired) electrons. The minimum absolute atomic E-state index is 0.109. The Labute approximate surface area is 134 Å². The summed E-state index contributed by atoms with van der Waals surface area (Å²) in [7, 11) is 0. The van der Waals surface area contributed by atoms with Crippen LogP contribution in [-0.2, 0) is 6.61 Å². The van der Waals surface area contributed by atoms with E-state index in [0.29, 0.717) is 0 Å². The van der Waals surface area contributed by atoms with Crippen molar-refractivity contribution in [3.63, 3.8) is 0 Å². The lowest BCUT2D eigenvalue weighted by Crippen LogP contribution is -2.26. The van der Waals surface area contributed by atoms with Crippen LogP contribution in [-0.4, -0.2) is 5.11 Å². The smallest absolute Gasteiger partial charge is 0.228 e. The largest absolute Gasteiger partial charge is 0.458 e. The number of ether oxygens (including phenoxy) is 1. The van der Waals surface area contributed by atoms with Crippen LogP contribution in [0.5, 0.6) is 5.75 Å². The molecule has 1 aromatic heterocycles. The zero-order valence-electron chi connectivity index (χ0n) is 12.0. The fourth-order valence-electron chi connectivity index (χ4n) is 2.51. The van der Waals surface area contributed by atoms with Gasteiger partial charge in [0, 0.05) is 11.6 Å². The standard InChI is InChI=1S/C16H10F2N2O4/c17-7-1-2-11(18)9(3-7)13-10(5-19)16(20)24-14-12(22)4-8(6-21)23-15(13)14/h1-4,13,21H,6,20H2/t13-/m1/s1. The van der Waals surface area contributed by atoms with Crippen LogP contribution < -0.4 is 15.9 Å². The van der Waals surface area contributed by atoms with Crippen molar-refractivity contribution in [2.45, 2.75) is 12.5 Å². The number of allylic oxidation sites excluding steroid dienone is 1. The molecule has 122 valence electrons. The molecule has 1 aliphatic heterocycles. The van der Waals surface area contributed by atoms with Crippen LogP contribution in [0.25, 0.3) is 0 Å². The van der Waals surface area contributed by atoms with Gasteiger partial charge in [-0.15, -0.1) is 0 Å². The molecule has 3 rings (SSSR count). The highest BCUT2D eigenvalue weighted by atomic mass is 19.1. The molecule has 8 heteroatoms. The molecule has 0 bridgehead atoms. The van der Waals surface area contributed by atoms with Crippen LogP contribution in [0.1, 0.15) is 23.0 Å². The average molecular weight is 332 g/mol. The predicted molar refractivity (Wildman–Crippen MR) is 76.6 cm³/mol. The van der Waals surface area contributed by atoms with E-state index in [1.165, 1.54) is 0 Å². The Balaban J connectivity index is 2.35. The summed E-state index contributed by atoms with van der Waals surface area (Å²) in [4.78, 5) is 12.1. The minimum atomic E-state index is -1.27. The maximum Gasteiger partial charge on any atom is 0.228 e. The molecule has 0 amide bonds. The Hall–Kier alpha value is -3.18. The van der Waals surface area contributed by atoms with E-state index in [1.54, 1.807) is 6.07 Å². The van der Waals surface area contributed by atoms with Crippen LogP contribution in [0.2, 0.25) is 0 Å². The molecular formula is C16H10F2N2O4. The molecule has 0 unspecified atom stereocenters. The molecule has 1 aromatic carbocycles. The van der Waals surface area contributed by atoms with E-state index in [0.717, 1.165) is 24.3 Å². The summed E-state index contributed by atoms with van der Waals surface area (Å²) < 4.78 is 38.3. The molecule has 1 aliphatic rings. The summed E-state index contributed by atoms with van der Waals surface area (Å²) in [6.07, 6.45) is 0. The third-order valence-corrected chi connectivity index (χ3v) is 3.55. The third-order valence-electron chi connectivity index (χ3n) is 3.55. The van der Waals surface area contributed by atoms with Crippen LogP contribution in [0.3, 0.4) is 0 Å². The number of rotatable bonds is 2. The van der Waals surface area contributed by atoms with Gasteiger partial charge in [-0.3, -0.25) is 4.79 Å². The van der Waals surface area contributed by atoms with E-state index in [-0.39, 0.29) is 28.4 Å². The Kier molecular flexibility index (Phi) is 3.79. The van der Waals surface area contributed by atoms with E-state index in [2.05, 4.69) is 0 Å². The van der Waals surface area contributed by atoms with Crippen LogP contribution in [0.15, 0.2) is 44.9 Å². The average Bonchev–Trinajstić information content (AvgIpc) is 2.56. The van der Waals surface area contributed by atoms with E-state index in [1.807, 2.05) is 0 Å². The van der Waals surface area contributed by atoms with E-state index < -0.39 is 35.5 Å². The maximum atomic E-state index is 14.2. The Morgan fingerprint density at radius 1 is 1.33 bits per heavy atom. The van der Waals surface area contributed by atoms with Crippen LogP contribution >= 0.6 is 0 Å². The second-order valence-corrected chi connectivity index (χ2v) is 5.02. The lowest BCUT2D eigenvalue weighted by molar-refractivity contribution is 0.231. The lowest BCUT2D eigenvalue weighted by atomic mass is 9.87. The van der Waals surface area contributed by atoms with Crippen LogP contribution in [0, 0.1) is 23.0 Å². The normalized spacial score (nSPS) is 16.3. The van der Waals surface area contributed by atoms with Crippen molar-refractivity contribution in [3.05, 3.63) is 74.7 Å². The lowest BCUT2D eigenvalue weighted by Gasteiger charge is -2.25. The molecule has 24 heavy (non-hydrogen) atoms. The Bertz CT molecular complexity index is 960. The van der Waals surface area contributed by atoms with E-state index in [9.17, 15) is 23.9 Å². The third kappa shape index (κ3) is 2.41. The summed E-state index contributed by atoms with van der Waals surface area (Å²) in [5, 5.41) is 18.5. The number of nitrogens with two attached hydrogens (primary N) is 1. The van der Waals surface area contributed by atoms with Gasteiger partial charge in [-0.05, 0) is 18.2 Å². The van der Waals surface area contributed by atoms with Crippen molar-refractivity contribution in [2.24, 2.45) is 5.73 Å². The van der Waals surface area contributed by atoms with E-state index in [4.69, 9.17) is 14.9 Å². The summed E-state index contributed by atoms with van der Waals surface area (Å²) >= 11 is 0. The number of nitriles is 1. The fourth-order valence-corrected chi connectivity index (χ4v) is 2.51. The number of aliphatic hydroxyl groups is 1. The van der Waals surface area contributed by atoms with Crippen molar-refractivity contribution in [1.29, 1.82) is 5.26 Å². The first-order valence-corrected chi connectivity index (χ1v) is 6.76. The van der Waals surface area contributed by atoms with Crippen molar-refractivity contribution in [3.8, 4) is 11.8 Å². The molecule has 2 heterocycles. The van der Waals surface area contributed by atoms with Gasteiger partial charge >= 0.3 is 0 Å². The highest BCUT2D eigenvalue weighted by Gasteiger charge is 2.36. The predicted octanol–water partition coefficient (Wildman–Crippen LogP) is 1.63. The maximum absolute atomic E-state index is 14.2. The van der Waals surface area contributed by atoms with Crippen molar-refractivity contribution in [1.82, 2.24) is 0 Å². The molecule has 0 fully saturated rings. The van der Waals surface area contributed by atoms with Crippen molar-refractivity contribution in [2.75, 3.05) is 0 Å². The van der Waals surface area contributed by atoms with Crippen molar-refractivity contribution >= 4 is 0 Å². The summed E-state index contributed by atoms with van der Waals surface area (Å²) in [6, 6.07) is 5.43. The SMILES string of the molecule is N#CC1=C(N)Oc2c(oc(CO)cc2=O)[C@@H]1c1cc(F)ccc1F. The summed E-state index contributed by atoms with van der Waals surface area (Å²) in [6.45, 7) is -0.595. The van der Waals surface area contributed by atoms with Gasteiger partial charge in [0.15, 0.2) is 5.76 Å². The quantitative estimate of drug-likeness (QED) is 0.865. The number of nitrogens with zero attached hydrogens (tertiary/aromatic N) is 1. The van der Waals surface area contributed by atoms with Crippen molar-refractivity contribution < 1.29 is 23.0 Å². The Morgan fingerprint density at radius 2 is 2.08 bits per heavy atom. The van der Waals surface area contributed by atoms with Gasteiger partial charge in [0.05, 0.1) is 5.92 Å². The number of benzene rings is 1. The number of halogens is 2. The number of fused-ring (bicyclic) bond motifs is 1. The minimum Gasteiger partial charge on any atom is -0.458 e. The van der Waals surface area contributed by atoms with Gasteiger partial charge < -0.3 is 20.0 Å². The number of hydrogen-bond donors (Lipinski definition) is 2. The molecule has 3 N–H and O–H groups in total. The first-order chi connectivity index (χ1) is 11.5. The topological polar surface area (TPSA) is 109 Å². The molecule has 6 nitrogen and oxygen atoms in total. The fraction of sp³-hybridized carbons (Fsp3) is 0.125. The van der Waals surface area contributed by atoms with Gasteiger partial charge in [0.2, 0.25) is 17.1 Å².